The topological polar surface area (TPSA) is 81.2 Å². The Hall–Kier alpha value is -1.48. The summed E-state index contributed by atoms with van der Waals surface area (Å²) in [5.41, 5.74) is 3.37. The first kappa shape index (κ1) is 20.3. The number of aliphatic hydroxyl groups excluding tert-OH is 1. The van der Waals surface area contributed by atoms with Gasteiger partial charge in [-0.1, -0.05) is 17.7 Å². The summed E-state index contributed by atoms with van der Waals surface area (Å²) >= 11 is 0. The summed E-state index contributed by atoms with van der Waals surface area (Å²) in [6.07, 6.45) is 1.19. The van der Waals surface area contributed by atoms with Crippen LogP contribution in [-0.2, 0) is 21.2 Å². The van der Waals surface area contributed by atoms with Crippen LogP contribution in [-0.4, -0.2) is 80.8 Å². The highest BCUT2D eigenvalue weighted by Gasteiger charge is 2.36. The minimum Gasteiger partial charge on any atom is -0.391 e. The van der Waals surface area contributed by atoms with Crippen molar-refractivity contribution in [1.29, 1.82) is 0 Å². The maximum absolute atomic E-state index is 12.9. The standard InChI is InChI=1S/C19H29N3O4S/c1-14-6-7-17-15(9-14)5-4-8-22(17)19(24)12-21-10-16(18(23)11-21)13-27(25,26)20(2)3/h6-7,9,16,18,23H,4-5,8,10-13H2,1-3H3/t16-,18+/m0/s1. The van der Waals surface area contributed by atoms with E-state index in [2.05, 4.69) is 13.0 Å². The Morgan fingerprint density at radius 3 is 2.74 bits per heavy atom. The van der Waals surface area contributed by atoms with Gasteiger partial charge in [-0.2, -0.15) is 0 Å². The summed E-state index contributed by atoms with van der Waals surface area (Å²) in [4.78, 5) is 16.6. The Kier molecular flexibility index (Phi) is 5.90. The van der Waals surface area contributed by atoms with Gasteiger partial charge in [-0.05, 0) is 31.4 Å². The second-order valence-corrected chi connectivity index (χ2v) is 10.1. The Balaban J connectivity index is 1.64. The monoisotopic (exact) mass is 395 g/mol. The molecule has 2 aliphatic heterocycles. The zero-order valence-electron chi connectivity index (χ0n) is 16.3. The molecule has 1 fully saturated rings. The van der Waals surface area contributed by atoms with Crippen LogP contribution in [0.4, 0.5) is 5.69 Å². The first-order valence-corrected chi connectivity index (χ1v) is 11.0. The number of fused-ring (bicyclic) bond motifs is 1. The van der Waals surface area contributed by atoms with Gasteiger partial charge in [-0.25, -0.2) is 12.7 Å². The van der Waals surface area contributed by atoms with Crippen LogP contribution in [0.3, 0.4) is 0 Å². The molecule has 2 atom stereocenters. The molecule has 3 rings (SSSR count). The third kappa shape index (κ3) is 4.51. The highest BCUT2D eigenvalue weighted by atomic mass is 32.2. The SMILES string of the molecule is Cc1ccc2c(c1)CCCN2C(=O)CN1C[C@@H](CS(=O)(=O)N(C)C)[C@H](O)C1. The minimum absolute atomic E-state index is 0.00289. The molecule has 1 aromatic rings. The van der Waals surface area contributed by atoms with Crippen molar-refractivity contribution in [3.05, 3.63) is 29.3 Å². The number of hydrogen-bond acceptors (Lipinski definition) is 5. The number of β-amino-alcohol motifs (C(OH)–C–C–N with tert-alkyl or cyclic N) is 1. The smallest absolute Gasteiger partial charge is 0.241 e. The van der Waals surface area contributed by atoms with Gasteiger partial charge in [0.25, 0.3) is 0 Å². The normalized spacial score (nSPS) is 23.7. The number of anilines is 1. The maximum Gasteiger partial charge on any atom is 0.241 e. The Morgan fingerprint density at radius 1 is 1.30 bits per heavy atom. The molecule has 0 aromatic heterocycles. The van der Waals surface area contributed by atoms with E-state index < -0.39 is 16.1 Å². The van der Waals surface area contributed by atoms with Crippen LogP contribution >= 0.6 is 0 Å². The van der Waals surface area contributed by atoms with Crippen LogP contribution in [0.2, 0.25) is 0 Å². The molecule has 0 radical (unpaired) electrons. The molecule has 27 heavy (non-hydrogen) atoms. The van der Waals surface area contributed by atoms with E-state index in [0.717, 1.165) is 18.5 Å². The Bertz CT molecular complexity index is 809. The predicted molar refractivity (Wildman–Crippen MR) is 105 cm³/mol. The van der Waals surface area contributed by atoms with Crippen molar-refractivity contribution in [1.82, 2.24) is 9.21 Å². The number of sulfonamides is 1. The quantitative estimate of drug-likeness (QED) is 0.783. The molecule has 1 saturated heterocycles. The van der Waals surface area contributed by atoms with Crippen molar-refractivity contribution in [2.75, 3.05) is 50.9 Å². The number of aryl methyl sites for hydroxylation is 2. The molecule has 0 unspecified atom stereocenters. The van der Waals surface area contributed by atoms with Crippen molar-refractivity contribution < 1.29 is 18.3 Å². The second-order valence-electron chi connectivity index (χ2n) is 7.86. The number of amides is 1. The summed E-state index contributed by atoms with van der Waals surface area (Å²) in [7, 11) is -0.393. The van der Waals surface area contributed by atoms with Crippen molar-refractivity contribution in [2.24, 2.45) is 5.92 Å². The van der Waals surface area contributed by atoms with Crippen molar-refractivity contribution in [3.8, 4) is 0 Å². The second kappa shape index (κ2) is 7.87. The van der Waals surface area contributed by atoms with Gasteiger partial charge in [-0.3, -0.25) is 9.69 Å². The number of likely N-dealkylation sites (tertiary alicyclic amines) is 1. The summed E-state index contributed by atoms with van der Waals surface area (Å²) in [6, 6.07) is 6.16. The molecule has 0 aliphatic carbocycles. The average Bonchev–Trinajstić information content (AvgIpc) is 2.92. The highest BCUT2D eigenvalue weighted by Crippen LogP contribution is 2.28. The molecule has 1 aromatic carbocycles. The molecule has 1 N–H and O–H groups in total. The van der Waals surface area contributed by atoms with Gasteiger partial charge in [0.2, 0.25) is 15.9 Å². The van der Waals surface area contributed by atoms with E-state index in [0.29, 0.717) is 19.6 Å². The summed E-state index contributed by atoms with van der Waals surface area (Å²) in [5, 5.41) is 10.3. The van der Waals surface area contributed by atoms with Crippen LogP contribution in [0.15, 0.2) is 18.2 Å². The number of aliphatic hydroxyl groups is 1. The zero-order valence-corrected chi connectivity index (χ0v) is 17.1. The molecule has 0 saturated carbocycles. The Labute approximate surface area is 161 Å². The molecular weight excluding hydrogens is 366 g/mol. The lowest BCUT2D eigenvalue weighted by Gasteiger charge is -2.31. The maximum atomic E-state index is 12.9. The molecule has 7 nitrogen and oxygen atoms in total. The van der Waals surface area contributed by atoms with Crippen molar-refractivity contribution in [2.45, 2.75) is 25.9 Å². The molecule has 2 aliphatic rings. The zero-order chi connectivity index (χ0) is 19.8. The largest absolute Gasteiger partial charge is 0.391 e. The fourth-order valence-corrected chi connectivity index (χ4v) is 5.08. The van der Waals surface area contributed by atoms with Crippen LogP contribution < -0.4 is 4.90 Å². The molecule has 8 heteroatoms. The van der Waals surface area contributed by atoms with E-state index in [1.807, 2.05) is 21.9 Å². The van der Waals surface area contributed by atoms with Crippen molar-refractivity contribution >= 4 is 21.6 Å². The van der Waals surface area contributed by atoms with E-state index >= 15 is 0 Å². The number of carbonyl (C=O) groups excluding carboxylic acids is 1. The van der Waals surface area contributed by atoms with Gasteiger partial charge in [-0.15, -0.1) is 0 Å². The lowest BCUT2D eigenvalue weighted by Crippen LogP contribution is -2.42. The number of rotatable bonds is 5. The number of nitrogens with zero attached hydrogens (tertiary/aromatic N) is 3. The van der Waals surface area contributed by atoms with E-state index in [4.69, 9.17) is 0 Å². The van der Waals surface area contributed by atoms with Gasteiger partial charge >= 0.3 is 0 Å². The van der Waals surface area contributed by atoms with Crippen molar-refractivity contribution in [3.63, 3.8) is 0 Å². The fourth-order valence-electron chi connectivity index (χ4n) is 3.92. The molecule has 2 heterocycles. The third-order valence-corrected chi connectivity index (χ3v) is 7.44. The van der Waals surface area contributed by atoms with Crippen LogP contribution in [0.5, 0.6) is 0 Å². The van der Waals surface area contributed by atoms with E-state index in [-0.39, 0.29) is 24.1 Å². The fraction of sp³-hybridized carbons (Fsp3) is 0.632. The van der Waals surface area contributed by atoms with E-state index in [9.17, 15) is 18.3 Å². The van der Waals surface area contributed by atoms with Crippen LogP contribution in [0, 0.1) is 12.8 Å². The number of benzene rings is 1. The van der Waals surface area contributed by atoms with Crippen LogP contribution in [0.1, 0.15) is 17.5 Å². The van der Waals surface area contributed by atoms with Gasteiger partial charge in [0, 0.05) is 45.3 Å². The van der Waals surface area contributed by atoms with Gasteiger partial charge < -0.3 is 10.0 Å². The van der Waals surface area contributed by atoms with Crippen LogP contribution in [0.25, 0.3) is 0 Å². The van der Waals surface area contributed by atoms with Gasteiger partial charge in [0.15, 0.2) is 0 Å². The minimum atomic E-state index is -3.38. The predicted octanol–water partition coefficient (Wildman–Crippen LogP) is 0.458. The lowest BCUT2D eigenvalue weighted by atomic mass is 9.99. The molecule has 1 amide bonds. The first-order valence-electron chi connectivity index (χ1n) is 9.38. The first-order chi connectivity index (χ1) is 12.7. The summed E-state index contributed by atoms with van der Waals surface area (Å²) < 4.78 is 25.4. The Morgan fingerprint density at radius 2 is 2.04 bits per heavy atom. The average molecular weight is 396 g/mol. The van der Waals surface area contributed by atoms with Gasteiger partial charge in [0.05, 0.1) is 18.4 Å². The third-order valence-electron chi connectivity index (χ3n) is 5.48. The summed E-state index contributed by atoms with van der Waals surface area (Å²) in [6.45, 7) is 3.68. The number of carbonyl (C=O) groups is 1. The molecular formula is C19H29N3O4S. The molecule has 150 valence electrons. The van der Waals surface area contributed by atoms with E-state index in [1.165, 1.54) is 29.5 Å². The van der Waals surface area contributed by atoms with E-state index in [1.54, 1.807) is 0 Å². The number of hydrogen-bond donors (Lipinski definition) is 1. The van der Waals surface area contributed by atoms with Gasteiger partial charge in [0.1, 0.15) is 0 Å². The summed E-state index contributed by atoms with van der Waals surface area (Å²) in [5.74, 6) is -0.470. The molecule has 0 bridgehead atoms. The lowest BCUT2D eigenvalue weighted by molar-refractivity contribution is -0.119. The molecule has 0 spiro atoms. The highest BCUT2D eigenvalue weighted by molar-refractivity contribution is 7.89.